The molecule has 0 aliphatic rings. The van der Waals surface area contributed by atoms with E-state index in [1.165, 1.54) is 13.1 Å². The number of carbonyl (C=O) groups is 1. The van der Waals surface area contributed by atoms with E-state index < -0.39 is 23.2 Å². The molecule has 6 N–H and O–H groups in total. The Morgan fingerprint density at radius 1 is 1.39 bits per heavy atom. The second-order valence-electron chi connectivity index (χ2n) is 5.78. The number of amidine groups is 1. The van der Waals surface area contributed by atoms with E-state index in [2.05, 4.69) is 43.9 Å². The van der Waals surface area contributed by atoms with Crippen LogP contribution in [-0.2, 0) is 11.8 Å². The molecule has 0 saturated carbocycles. The predicted octanol–water partition coefficient (Wildman–Crippen LogP) is 1.02. The van der Waals surface area contributed by atoms with Gasteiger partial charge in [-0.25, -0.2) is 4.79 Å². The Kier molecular flexibility index (Phi) is 7.38. The van der Waals surface area contributed by atoms with Crippen molar-refractivity contribution in [1.82, 2.24) is 9.55 Å². The van der Waals surface area contributed by atoms with E-state index in [4.69, 9.17) is 11.5 Å². The molecule has 0 radical (unpaired) electrons. The normalized spacial score (nSPS) is 12.9. The van der Waals surface area contributed by atoms with Crippen LogP contribution in [0.25, 0.3) is 0 Å². The minimum absolute atomic E-state index is 0.0175. The van der Waals surface area contributed by atoms with Crippen LogP contribution in [0.3, 0.4) is 0 Å². The van der Waals surface area contributed by atoms with Gasteiger partial charge in [-0.05, 0) is 30.3 Å². The van der Waals surface area contributed by atoms with Crippen molar-refractivity contribution in [2.24, 2.45) is 23.5 Å². The molecule has 2 aromatic rings. The van der Waals surface area contributed by atoms with Crippen molar-refractivity contribution < 1.29 is 4.79 Å². The lowest BCUT2D eigenvalue weighted by atomic mass is 10.1. The van der Waals surface area contributed by atoms with Gasteiger partial charge in [0.25, 0.3) is 5.56 Å². The molecular formula is C17H19BrN6O3S. The summed E-state index contributed by atoms with van der Waals surface area (Å²) in [6.45, 7) is 0. The topological polar surface area (TPSA) is 148 Å². The Morgan fingerprint density at radius 3 is 2.68 bits per heavy atom. The van der Waals surface area contributed by atoms with E-state index in [0.29, 0.717) is 0 Å². The highest BCUT2D eigenvalue weighted by Crippen LogP contribution is 2.16. The van der Waals surface area contributed by atoms with Gasteiger partial charge in [-0.1, -0.05) is 15.9 Å². The molecule has 1 aromatic heterocycles. The third kappa shape index (κ3) is 5.68. The molecule has 1 aromatic carbocycles. The fourth-order valence-corrected chi connectivity index (χ4v) is 2.87. The predicted molar refractivity (Wildman–Crippen MR) is 115 cm³/mol. The van der Waals surface area contributed by atoms with E-state index in [0.717, 1.165) is 14.7 Å². The molecule has 0 aliphatic carbocycles. The van der Waals surface area contributed by atoms with Crippen LogP contribution in [0.4, 0.5) is 5.69 Å². The molecule has 9 nitrogen and oxygen atoms in total. The number of rotatable bonds is 6. The highest BCUT2D eigenvalue weighted by molar-refractivity contribution is 9.10. The monoisotopic (exact) mass is 466 g/mol. The van der Waals surface area contributed by atoms with Gasteiger partial charge in [0.1, 0.15) is 5.84 Å². The number of hydrogen-bond acceptors (Lipinski definition) is 6. The minimum atomic E-state index is -0.989. The highest BCUT2D eigenvalue weighted by Gasteiger charge is 2.19. The molecule has 0 spiro atoms. The van der Waals surface area contributed by atoms with Gasteiger partial charge in [0.05, 0.1) is 10.6 Å². The zero-order valence-corrected chi connectivity index (χ0v) is 17.3. The van der Waals surface area contributed by atoms with Gasteiger partial charge in [-0.15, -0.1) is 12.6 Å². The first-order valence-corrected chi connectivity index (χ1v) is 9.26. The molecule has 0 saturated heterocycles. The van der Waals surface area contributed by atoms with Gasteiger partial charge in [0.15, 0.2) is 0 Å². The first-order chi connectivity index (χ1) is 13.2. The summed E-state index contributed by atoms with van der Waals surface area (Å²) >= 11 is 7.40. The SMILES string of the molecule is Cn1c(=O)[nH]c(S)c(C(N)CC(=O)N=C(N)C=CNc2ccc(Br)cc2)c1=O. The summed E-state index contributed by atoms with van der Waals surface area (Å²) in [6.07, 6.45) is 2.69. The number of hydrogen-bond donors (Lipinski definition) is 5. The number of nitrogens with one attached hydrogen (secondary N) is 2. The number of amides is 1. The van der Waals surface area contributed by atoms with Crippen LogP contribution in [0.5, 0.6) is 0 Å². The first kappa shape index (κ1) is 21.7. The molecule has 0 aliphatic heterocycles. The van der Waals surface area contributed by atoms with E-state index in [1.807, 2.05) is 24.3 Å². The number of nitrogens with two attached hydrogens (primary N) is 2. The number of H-pyrrole nitrogens is 1. The smallest absolute Gasteiger partial charge is 0.328 e. The number of aliphatic imine (C=N–C) groups is 1. The Labute approximate surface area is 174 Å². The summed E-state index contributed by atoms with van der Waals surface area (Å²) < 4.78 is 1.81. The van der Waals surface area contributed by atoms with Crippen LogP contribution < -0.4 is 28.0 Å². The Bertz CT molecular complexity index is 1040. The van der Waals surface area contributed by atoms with Crippen molar-refractivity contribution in [1.29, 1.82) is 0 Å². The van der Waals surface area contributed by atoms with Crippen LogP contribution in [0.1, 0.15) is 18.0 Å². The number of thiol groups is 1. The Balaban J connectivity index is 2.03. The summed E-state index contributed by atoms with van der Waals surface area (Å²) in [5, 5.41) is 3.00. The molecule has 1 heterocycles. The maximum atomic E-state index is 12.2. The molecule has 11 heteroatoms. The van der Waals surface area contributed by atoms with Gasteiger partial charge < -0.3 is 21.8 Å². The third-order valence-corrected chi connectivity index (χ3v) is 4.57. The van der Waals surface area contributed by atoms with Gasteiger partial charge in [0, 0.05) is 35.9 Å². The fraction of sp³-hybridized carbons (Fsp3) is 0.176. The van der Waals surface area contributed by atoms with Crippen molar-refractivity contribution in [3.05, 3.63) is 67.4 Å². The summed E-state index contributed by atoms with van der Waals surface area (Å²) in [6, 6.07) is 6.46. The number of halogens is 1. The van der Waals surface area contributed by atoms with Crippen LogP contribution >= 0.6 is 28.6 Å². The van der Waals surface area contributed by atoms with Crippen molar-refractivity contribution in [2.45, 2.75) is 17.5 Å². The number of aromatic nitrogens is 2. The van der Waals surface area contributed by atoms with E-state index in [9.17, 15) is 14.4 Å². The average molecular weight is 467 g/mol. The lowest BCUT2D eigenvalue weighted by Gasteiger charge is -2.12. The molecule has 28 heavy (non-hydrogen) atoms. The van der Waals surface area contributed by atoms with Crippen molar-refractivity contribution >= 4 is 46.0 Å². The zero-order valence-electron chi connectivity index (χ0n) is 14.8. The Morgan fingerprint density at radius 2 is 2.04 bits per heavy atom. The molecule has 2 rings (SSSR count). The lowest BCUT2D eigenvalue weighted by Crippen LogP contribution is -2.38. The molecular weight excluding hydrogens is 448 g/mol. The van der Waals surface area contributed by atoms with Crippen LogP contribution in [0, 0.1) is 0 Å². The molecule has 148 valence electrons. The van der Waals surface area contributed by atoms with Crippen LogP contribution in [0.2, 0.25) is 0 Å². The quantitative estimate of drug-likeness (QED) is 0.185. The van der Waals surface area contributed by atoms with E-state index in [1.54, 1.807) is 6.20 Å². The van der Waals surface area contributed by atoms with E-state index in [-0.39, 0.29) is 22.8 Å². The molecule has 1 amide bonds. The highest BCUT2D eigenvalue weighted by atomic mass is 79.9. The molecule has 1 atom stereocenters. The number of aromatic amines is 1. The summed E-state index contributed by atoms with van der Waals surface area (Å²) in [7, 11) is 1.30. The molecule has 0 fully saturated rings. The molecule has 0 bridgehead atoms. The zero-order chi connectivity index (χ0) is 20.8. The van der Waals surface area contributed by atoms with Crippen LogP contribution in [-0.4, -0.2) is 21.3 Å². The molecule has 1 unspecified atom stereocenters. The Hall–Kier alpha value is -2.63. The summed E-state index contributed by atoms with van der Waals surface area (Å²) in [5.41, 5.74) is 11.3. The maximum Gasteiger partial charge on any atom is 0.328 e. The first-order valence-electron chi connectivity index (χ1n) is 8.02. The third-order valence-electron chi connectivity index (χ3n) is 3.69. The fourth-order valence-electron chi connectivity index (χ4n) is 2.25. The van der Waals surface area contributed by atoms with Crippen LogP contribution in [0.15, 0.2) is 60.6 Å². The van der Waals surface area contributed by atoms with Crippen molar-refractivity contribution in [3.8, 4) is 0 Å². The maximum absolute atomic E-state index is 12.2. The second kappa shape index (κ2) is 9.53. The second-order valence-corrected chi connectivity index (χ2v) is 7.15. The van der Waals surface area contributed by atoms with Gasteiger partial charge in [-0.2, -0.15) is 4.99 Å². The minimum Gasteiger partial charge on any atom is -0.384 e. The number of carbonyl (C=O) groups excluding carboxylic acids is 1. The van der Waals surface area contributed by atoms with Gasteiger partial charge >= 0.3 is 5.69 Å². The van der Waals surface area contributed by atoms with E-state index >= 15 is 0 Å². The summed E-state index contributed by atoms with van der Waals surface area (Å²) in [4.78, 5) is 41.9. The number of benzene rings is 1. The largest absolute Gasteiger partial charge is 0.384 e. The van der Waals surface area contributed by atoms with Gasteiger partial charge in [0.2, 0.25) is 5.91 Å². The standard InChI is InChI=1S/C17H19BrN6O3S/c1-24-16(26)14(15(28)23-17(24)27)11(19)8-13(25)22-12(20)6-7-21-10-4-2-9(18)3-5-10/h2-7,11,21,28H,8,19H2,1H3,(H,23,27)(H2,20,22,25). The van der Waals surface area contributed by atoms with Crippen molar-refractivity contribution in [2.75, 3.05) is 5.32 Å². The van der Waals surface area contributed by atoms with Crippen molar-refractivity contribution in [3.63, 3.8) is 0 Å². The summed E-state index contributed by atoms with van der Waals surface area (Å²) in [5.74, 6) is -0.637. The number of anilines is 1. The van der Waals surface area contributed by atoms with Gasteiger partial charge in [-0.3, -0.25) is 14.2 Å². The average Bonchev–Trinajstić information content (AvgIpc) is 2.61. The number of nitrogens with zero attached hydrogens (tertiary/aromatic N) is 2. The lowest BCUT2D eigenvalue weighted by molar-refractivity contribution is -0.118.